The first kappa shape index (κ1) is 19.0. The Bertz CT molecular complexity index is 597. The van der Waals surface area contributed by atoms with Gasteiger partial charge in [0.05, 0.1) is 6.10 Å². The number of carbonyl (C=O) groups is 2. The van der Waals surface area contributed by atoms with Crippen molar-refractivity contribution >= 4 is 17.8 Å². The van der Waals surface area contributed by atoms with Gasteiger partial charge in [-0.2, -0.15) is 0 Å². The second-order valence-electron chi connectivity index (χ2n) is 6.64. The molecule has 23 heavy (non-hydrogen) atoms. The Morgan fingerprint density at radius 2 is 1.91 bits per heavy atom. The van der Waals surface area contributed by atoms with Crippen LogP contribution in [0, 0.1) is 6.92 Å². The molecule has 1 aromatic heterocycles. The van der Waals surface area contributed by atoms with Crippen molar-refractivity contribution in [3.8, 4) is 0 Å². The van der Waals surface area contributed by atoms with E-state index in [1.807, 2.05) is 26.8 Å². The molecule has 0 spiro atoms. The second kappa shape index (κ2) is 8.02. The van der Waals surface area contributed by atoms with Gasteiger partial charge in [-0.3, -0.25) is 9.78 Å². The highest BCUT2D eigenvalue weighted by Gasteiger charge is 2.25. The maximum Gasteiger partial charge on any atom is 0.342 e. The lowest BCUT2D eigenvalue weighted by molar-refractivity contribution is -0.151. The fourth-order valence-electron chi connectivity index (χ4n) is 1.73. The topological polar surface area (TPSA) is 65.5 Å². The molecule has 0 bridgehead atoms. The number of Topliss-reactive ketones (excluding diaryl/α,β-unsaturated/α-hetero) is 1. The molecule has 1 aromatic rings. The number of aryl methyl sites for hydroxylation is 1. The van der Waals surface area contributed by atoms with Gasteiger partial charge in [0.2, 0.25) is 0 Å². The molecule has 1 rings (SSSR count). The first-order valence-electron chi connectivity index (χ1n) is 7.60. The molecule has 1 heterocycles. The van der Waals surface area contributed by atoms with E-state index in [2.05, 4.69) is 4.98 Å². The molecule has 0 amide bonds. The van der Waals surface area contributed by atoms with Crippen molar-refractivity contribution in [2.24, 2.45) is 0 Å². The minimum atomic E-state index is -0.680. The zero-order valence-corrected chi connectivity index (χ0v) is 14.7. The highest BCUT2D eigenvalue weighted by Crippen LogP contribution is 2.15. The minimum Gasteiger partial charge on any atom is -0.456 e. The summed E-state index contributed by atoms with van der Waals surface area (Å²) < 4.78 is 10.6. The van der Waals surface area contributed by atoms with E-state index in [0.29, 0.717) is 5.56 Å². The summed E-state index contributed by atoms with van der Waals surface area (Å²) >= 11 is 0. The third-order valence-corrected chi connectivity index (χ3v) is 2.67. The number of rotatable bonds is 6. The van der Waals surface area contributed by atoms with Crippen LogP contribution in [-0.2, 0) is 19.1 Å². The fraction of sp³-hybridized carbons (Fsp3) is 0.500. The maximum absolute atomic E-state index is 12.3. The lowest BCUT2D eigenvalue weighted by atomic mass is 10.1. The predicted molar refractivity (Wildman–Crippen MR) is 88.9 cm³/mol. The van der Waals surface area contributed by atoms with E-state index in [0.717, 1.165) is 5.56 Å². The van der Waals surface area contributed by atoms with Crippen molar-refractivity contribution in [3.63, 3.8) is 0 Å². The summed E-state index contributed by atoms with van der Waals surface area (Å²) in [6.45, 7) is 10.6. The van der Waals surface area contributed by atoms with Gasteiger partial charge in [0.1, 0.15) is 17.8 Å². The van der Waals surface area contributed by atoms with E-state index in [4.69, 9.17) is 9.47 Å². The minimum absolute atomic E-state index is 0.0343. The van der Waals surface area contributed by atoms with Crippen LogP contribution in [0.5, 0.6) is 0 Å². The van der Waals surface area contributed by atoms with Crippen LogP contribution in [0.4, 0.5) is 0 Å². The molecular weight excluding hydrogens is 294 g/mol. The number of aromatic nitrogens is 1. The van der Waals surface area contributed by atoms with Crippen molar-refractivity contribution in [2.45, 2.75) is 53.2 Å². The maximum atomic E-state index is 12.3. The SMILES string of the molecule is Cc1cncc(C=C(C(=O)COC(C)C)C(=O)OC(C)(C)C)c1. The highest BCUT2D eigenvalue weighted by atomic mass is 16.6. The van der Waals surface area contributed by atoms with Crippen LogP contribution in [0.15, 0.2) is 24.0 Å². The van der Waals surface area contributed by atoms with Gasteiger partial charge in [0.25, 0.3) is 0 Å². The number of pyridine rings is 1. The first-order valence-corrected chi connectivity index (χ1v) is 7.60. The van der Waals surface area contributed by atoms with Crippen molar-refractivity contribution in [1.29, 1.82) is 0 Å². The van der Waals surface area contributed by atoms with E-state index < -0.39 is 17.4 Å². The van der Waals surface area contributed by atoms with Crippen LogP contribution in [0.1, 0.15) is 45.7 Å². The lowest BCUT2D eigenvalue weighted by Gasteiger charge is -2.20. The van der Waals surface area contributed by atoms with Crippen molar-refractivity contribution < 1.29 is 19.1 Å². The molecule has 0 aromatic carbocycles. The Kier molecular flexibility index (Phi) is 6.63. The molecule has 0 saturated carbocycles. The van der Waals surface area contributed by atoms with Crippen molar-refractivity contribution in [1.82, 2.24) is 4.98 Å². The molecule has 0 aliphatic rings. The zero-order valence-electron chi connectivity index (χ0n) is 14.7. The Balaban J connectivity index is 3.10. The number of carbonyl (C=O) groups excluding carboxylic acids is 2. The van der Waals surface area contributed by atoms with Crippen molar-refractivity contribution in [3.05, 3.63) is 35.2 Å². The number of hydrogen-bond donors (Lipinski definition) is 0. The summed E-state index contributed by atoms with van der Waals surface area (Å²) in [6, 6.07) is 1.84. The van der Waals surface area contributed by atoms with Crippen LogP contribution in [-0.4, -0.2) is 35.0 Å². The predicted octanol–water partition coefficient (Wildman–Crippen LogP) is 3.11. The monoisotopic (exact) mass is 319 g/mol. The zero-order chi connectivity index (χ0) is 17.6. The number of esters is 1. The van der Waals surface area contributed by atoms with Gasteiger partial charge in [-0.25, -0.2) is 4.79 Å². The quantitative estimate of drug-likeness (QED) is 0.349. The summed E-state index contributed by atoms with van der Waals surface area (Å²) in [6.07, 6.45) is 4.70. The molecular formula is C18H25NO4. The van der Waals surface area contributed by atoms with E-state index in [-0.39, 0.29) is 18.3 Å². The van der Waals surface area contributed by atoms with Gasteiger partial charge in [-0.1, -0.05) is 0 Å². The van der Waals surface area contributed by atoms with E-state index in [1.54, 1.807) is 33.2 Å². The molecule has 0 unspecified atom stereocenters. The van der Waals surface area contributed by atoms with Gasteiger partial charge in [-0.15, -0.1) is 0 Å². The number of ether oxygens (including phenoxy) is 2. The largest absolute Gasteiger partial charge is 0.456 e. The molecule has 0 radical (unpaired) electrons. The normalized spacial score (nSPS) is 12.4. The summed E-state index contributed by atoms with van der Waals surface area (Å²) in [5.74, 6) is -1.06. The highest BCUT2D eigenvalue weighted by molar-refractivity contribution is 6.21. The number of nitrogens with zero attached hydrogens (tertiary/aromatic N) is 1. The number of ketones is 1. The van der Waals surface area contributed by atoms with Crippen LogP contribution >= 0.6 is 0 Å². The standard InChI is InChI=1S/C18H25NO4/c1-12(2)22-11-16(20)15(17(21)23-18(4,5)6)8-14-7-13(3)9-19-10-14/h7-10,12H,11H2,1-6H3. The van der Waals surface area contributed by atoms with E-state index in [1.165, 1.54) is 6.08 Å². The second-order valence-corrected chi connectivity index (χ2v) is 6.64. The third-order valence-electron chi connectivity index (χ3n) is 2.67. The Hall–Kier alpha value is -2.01. The molecule has 5 nitrogen and oxygen atoms in total. The molecule has 0 aliphatic heterocycles. The summed E-state index contributed by atoms with van der Waals surface area (Å²) in [5.41, 5.74) is 0.894. The van der Waals surface area contributed by atoms with Crippen LogP contribution < -0.4 is 0 Å². The number of hydrogen-bond acceptors (Lipinski definition) is 5. The van der Waals surface area contributed by atoms with E-state index in [9.17, 15) is 9.59 Å². The van der Waals surface area contributed by atoms with E-state index >= 15 is 0 Å². The van der Waals surface area contributed by atoms with Gasteiger partial charge < -0.3 is 9.47 Å². The average Bonchev–Trinajstić information content (AvgIpc) is 2.40. The Morgan fingerprint density at radius 3 is 2.43 bits per heavy atom. The molecule has 0 fully saturated rings. The lowest BCUT2D eigenvalue weighted by Crippen LogP contribution is -2.28. The van der Waals surface area contributed by atoms with Crippen LogP contribution in [0.3, 0.4) is 0 Å². The smallest absolute Gasteiger partial charge is 0.342 e. The summed E-state index contributed by atoms with van der Waals surface area (Å²) in [4.78, 5) is 28.8. The summed E-state index contributed by atoms with van der Waals surface area (Å²) in [5, 5.41) is 0. The molecule has 126 valence electrons. The molecule has 0 aliphatic carbocycles. The fourth-order valence-corrected chi connectivity index (χ4v) is 1.73. The first-order chi connectivity index (χ1) is 10.6. The van der Waals surface area contributed by atoms with Gasteiger partial charge in [0, 0.05) is 12.4 Å². The van der Waals surface area contributed by atoms with Crippen LogP contribution in [0.2, 0.25) is 0 Å². The molecule has 0 N–H and O–H groups in total. The van der Waals surface area contributed by atoms with Gasteiger partial charge >= 0.3 is 5.97 Å². The third kappa shape index (κ3) is 7.19. The molecule has 0 saturated heterocycles. The van der Waals surface area contributed by atoms with Crippen molar-refractivity contribution in [2.75, 3.05) is 6.61 Å². The molecule has 0 atom stereocenters. The average molecular weight is 319 g/mol. The van der Waals surface area contributed by atoms with Crippen LogP contribution in [0.25, 0.3) is 6.08 Å². The molecule has 5 heteroatoms. The summed E-state index contributed by atoms with van der Waals surface area (Å²) in [7, 11) is 0. The Labute approximate surface area is 137 Å². The Morgan fingerprint density at radius 1 is 1.26 bits per heavy atom. The van der Waals surface area contributed by atoms with Gasteiger partial charge in [-0.05, 0) is 64.8 Å². The van der Waals surface area contributed by atoms with Gasteiger partial charge in [0.15, 0.2) is 5.78 Å².